The van der Waals surface area contributed by atoms with Crippen molar-refractivity contribution in [3.8, 4) is 22.1 Å². The molecule has 0 bridgehead atoms. The van der Waals surface area contributed by atoms with Gasteiger partial charge in [-0.3, -0.25) is 0 Å². The molecule has 1 aromatic carbocycles. The van der Waals surface area contributed by atoms with Gasteiger partial charge in [-0.05, 0) is 31.2 Å². The second-order valence-electron chi connectivity index (χ2n) is 5.23. The van der Waals surface area contributed by atoms with Crippen LogP contribution in [0.1, 0.15) is 18.7 Å². The van der Waals surface area contributed by atoms with E-state index in [-0.39, 0.29) is 0 Å². The fourth-order valence-corrected chi connectivity index (χ4v) is 2.79. The normalized spacial score (nSPS) is 10.9. The first-order valence-corrected chi connectivity index (χ1v) is 7.86. The lowest BCUT2D eigenvalue weighted by atomic mass is 10.2. The Hall–Kier alpha value is -1.59. The zero-order valence-corrected chi connectivity index (χ0v) is 13.8. The maximum atomic E-state index is 5.77. The number of thiazole rings is 1. The molecule has 0 radical (unpaired) electrons. The van der Waals surface area contributed by atoms with E-state index in [0.29, 0.717) is 12.5 Å². The van der Waals surface area contributed by atoms with Crippen molar-refractivity contribution in [2.45, 2.75) is 20.4 Å². The van der Waals surface area contributed by atoms with Crippen molar-refractivity contribution in [3.63, 3.8) is 0 Å². The molecule has 0 unspecified atom stereocenters. The quantitative estimate of drug-likeness (QED) is 0.849. The van der Waals surface area contributed by atoms with Crippen molar-refractivity contribution >= 4 is 11.3 Å². The van der Waals surface area contributed by atoms with Crippen molar-refractivity contribution in [1.82, 2.24) is 10.3 Å². The summed E-state index contributed by atoms with van der Waals surface area (Å²) in [5, 5.41) is 4.13. The SMILES string of the molecule is CNCc1cnc(-c2ccc(OCC(C)C)c(OC)c2)s1. The van der Waals surface area contributed by atoms with E-state index in [0.717, 1.165) is 28.6 Å². The molecule has 2 aromatic rings. The summed E-state index contributed by atoms with van der Waals surface area (Å²) in [5.41, 5.74) is 1.05. The third-order valence-corrected chi connectivity index (χ3v) is 3.93. The Morgan fingerprint density at radius 1 is 1.29 bits per heavy atom. The molecule has 0 aliphatic carbocycles. The molecule has 0 spiro atoms. The molecule has 0 saturated heterocycles. The average molecular weight is 306 g/mol. The van der Waals surface area contributed by atoms with Gasteiger partial charge in [0.15, 0.2) is 11.5 Å². The largest absolute Gasteiger partial charge is 0.493 e. The number of rotatable bonds is 7. The van der Waals surface area contributed by atoms with E-state index < -0.39 is 0 Å². The smallest absolute Gasteiger partial charge is 0.161 e. The van der Waals surface area contributed by atoms with E-state index in [1.165, 1.54) is 4.88 Å². The van der Waals surface area contributed by atoms with Gasteiger partial charge in [-0.2, -0.15) is 0 Å². The van der Waals surface area contributed by atoms with Gasteiger partial charge >= 0.3 is 0 Å². The van der Waals surface area contributed by atoms with E-state index in [1.54, 1.807) is 18.4 Å². The monoisotopic (exact) mass is 306 g/mol. The number of aromatic nitrogens is 1. The topological polar surface area (TPSA) is 43.4 Å². The van der Waals surface area contributed by atoms with Crippen LogP contribution < -0.4 is 14.8 Å². The minimum atomic E-state index is 0.484. The summed E-state index contributed by atoms with van der Waals surface area (Å²) < 4.78 is 11.2. The third-order valence-electron chi connectivity index (χ3n) is 2.89. The first kappa shape index (κ1) is 15.8. The first-order chi connectivity index (χ1) is 10.1. The number of ether oxygens (including phenoxy) is 2. The van der Waals surface area contributed by atoms with Gasteiger partial charge in [0.05, 0.1) is 13.7 Å². The van der Waals surface area contributed by atoms with E-state index in [9.17, 15) is 0 Å². The summed E-state index contributed by atoms with van der Waals surface area (Å²) in [4.78, 5) is 5.68. The molecule has 0 aliphatic rings. The van der Waals surface area contributed by atoms with Crippen LogP contribution in [0.25, 0.3) is 10.6 Å². The van der Waals surface area contributed by atoms with Gasteiger partial charge in [0.1, 0.15) is 5.01 Å². The zero-order chi connectivity index (χ0) is 15.2. The van der Waals surface area contributed by atoms with Crippen LogP contribution in [-0.4, -0.2) is 25.7 Å². The molecule has 4 nitrogen and oxygen atoms in total. The summed E-state index contributed by atoms with van der Waals surface area (Å²) >= 11 is 1.68. The molecule has 2 rings (SSSR count). The van der Waals surface area contributed by atoms with Crippen LogP contribution in [0.4, 0.5) is 0 Å². The standard InChI is InChI=1S/C16H22N2O2S/c1-11(2)10-20-14-6-5-12(7-15(14)19-4)16-18-9-13(21-16)8-17-3/h5-7,9,11,17H,8,10H2,1-4H3. The zero-order valence-electron chi connectivity index (χ0n) is 13.0. The first-order valence-electron chi connectivity index (χ1n) is 7.04. The van der Waals surface area contributed by atoms with Gasteiger partial charge in [0.25, 0.3) is 0 Å². The molecule has 0 saturated carbocycles. The lowest BCUT2D eigenvalue weighted by Crippen LogP contribution is -2.05. The number of hydrogen-bond donors (Lipinski definition) is 1. The molecule has 114 valence electrons. The van der Waals surface area contributed by atoms with Gasteiger partial charge in [0.2, 0.25) is 0 Å². The van der Waals surface area contributed by atoms with Gasteiger partial charge < -0.3 is 14.8 Å². The number of methoxy groups -OCH3 is 1. The maximum Gasteiger partial charge on any atom is 0.161 e. The summed E-state index contributed by atoms with van der Waals surface area (Å²) in [5.74, 6) is 2.01. The van der Waals surface area contributed by atoms with Gasteiger partial charge in [-0.15, -0.1) is 11.3 Å². The fraction of sp³-hybridized carbons (Fsp3) is 0.438. The Bertz CT molecular complexity index is 581. The third kappa shape index (κ3) is 4.19. The molecule has 1 aromatic heterocycles. The van der Waals surface area contributed by atoms with Crippen LogP contribution in [-0.2, 0) is 6.54 Å². The van der Waals surface area contributed by atoms with Gasteiger partial charge in [0, 0.05) is 23.2 Å². The van der Waals surface area contributed by atoms with Crippen molar-refractivity contribution < 1.29 is 9.47 Å². The molecular formula is C16H22N2O2S. The Balaban J connectivity index is 2.20. The Morgan fingerprint density at radius 2 is 2.10 bits per heavy atom. The van der Waals surface area contributed by atoms with Crippen molar-refractivity contribution in [3.05, 3.63) is 29.3 Å². The number of nitrogens with one attached hydrogen (secondary N) is 1. The Labute approximate surface area is 130 Å². The predicted molar refractivity (Wildman–Crippen MR) is 87.2 cm³/mol. The summed E-state index contributed by atoms with van der Waals surface area (Å²) in [7, 11) is 3.60. The minimum Gasteiger partial charge on any atom is -0.493 e. The van der Waals surface area contributed by atoms with E-state index in [2.05, 4.69) is 24.1 Å². The van der Waals surface area contributed by atoms with Crippen LogP contribution >= 0.6 is 11.3 Å². The second-order valence-corrected chi connectivity index (χ2v) is 6.35. The fourth-order valence-electron chi connectivity index (χ4n) is 1.87. The van der Waals surface area contributed by atoms with E-state index >= 15 is 0 Å². The molecular weight excluding hydrogens is 284 g/mol. The van der Waals surface area contributed by atoms with Crippen molar-refractivity contribution in [2.75, 3.05) is 20.8 Å². The summed E-state index contributed by atoms with van der Waals surface area (Å²) in [6.07, 6.45) is 1.91. The molecule has 5 heteroatoms. The minimum absolute atomic E-state index is 0.484. The molecule has 21 heavy (non-hydrogen) atoms. The number of nitrogens with zero attached hydrogens (tertiary/aromatic N) is 1. The van der Waals surface area contributed by atoms with Crippen molar-refractivity contribution in [1.29, 1.82) is 0 Å². The highest BCUT2D eigenvalue weighted by Crippen LogP contribution is 2.34. The van der Waals surface area contributed by atoms with Crippen LogP contribution in [0, 0.1) is 5.92 Å². The number of hydrogen-bond acceptors (Lipinski definition) is 5. The molecule has 0 aliphatic heterocycles. The van der Waals surface area contributed by atoms with Crippen LogP contribution in [0.5, 0.6) is 11.5 Å². The lowest BCUT2D eigenvalue weighted by Gasteiger charge is -2.13. The van der Waals surface area contributed by atoms with Crippen LogP contribution in [0.15, 0.2) is 24.4 Å². The summed E-state index contributed by atoms with van der Waals surface area (Å²) in [6.45, 7) is 5.77. The highest BCUT2D eigenvalue weighted by Gasteiger charge is 2.10. The summed E-state index contributed by atoms with van der Waals surface area (Å²) in [6, 6.07) is 5.97. The Kier molecular flexibility index (Phi) is 5.59. The molecule has 0 amide bonds. The second kappa shape index (κ2) is 7.43. The molecule has 1 heterocycles. The predicted octanol–water partition coefficient (Wildman–Crippen LogP) is 3.57. The average Bonchev–Trinajstić information content (AvgIpc) is 2.94. The van der Waals surface area contributed by atoms with E-state index in [4.69, 9.17) is 9.47 Å². The highest BCUT2D eigenvalue weighted by atomic mass is 32.1. The molecule has 0 fully saturated rings. The van der Waals surface area contributed by atoms with Crippen molar-refractivity contribution in [2.24, 2.45) is 5.92 Å². The van der Waals surface area contributed by atoms with E-state index in [1.807, 2.05) is 31.4 Å². The maximum absolute atomic E-state index is 5.77. The molecule has 1 N–H and O–H groups in total. The van der Waals surface area contributed by atoms with Gasteiger partial charge in [-0.25, -0.2) is 4.98 Å². The lowest BCUT2D eigenvalue weighted by molar-refractivity contribution is 0.257. The van der Waals surface area contributed by atoms with Gasteiger partial charge in [-0.1, -0.05) is 13.8 Å². The highest BCUT2D eigenvalue weighted by molar-refractivity contribution is 7.15. The van der Waals surface area contributed by atoms with Crippen LogP contribution in [0.2, 0.25) is 0 Å². The van der Waals surface area contributed by atoms with Crippen LogP contribution in [0.3, 0.4) is 0 Å². The molecule has 0 atom stereocenters. The Morgan fingerprint density at radius 3 is 2.76 bits per heavy atom. The number of benzene rings is 1.